The second-order valence-corrected chi connectivity index (χ2v) is 4.28. The summed E-state index contributed by atoms with van der Waals surface area (Å²) in [4.78, 5) is 32.0. The van der Waals surface area contributed by atoms with E-state index in [1.807, 2.05) is 6.92 Å². The molecule has 18 heavy (non-hydrogen) atoms. The maximum Gasteiger partial charge on any atom is 1.00 e. The molecule has 1 aromatic rings. The Morgan fingerprint density at radius 3 is 2.33 bits per heavy atom. The summed E-state index contributed by atoms with van der Waals surface area (Å²) in [5.41, 5.74) is 0.262. The molecule has 0 aliphatic heterocycles. The van der Waals surface area contributed by atoms with E-state index in [9.17, 15) is 19.1 Å². The number of phosphoric acid groups is 1. The Bertz CT molecular complexity index is 432. The first-order valence-electron chi connectivity index (χ1n) is 4.91. The van der Waals surface area contributed by atoms with E-state index in [4.69, 9.17) is 4.74 Å². The van der Waals surface area contributed by atoms with Gasteiger partial charge in [0.2, 0.25) is 0 Å². The molecule has 0 bridgehead atoms. The fourth-order valence-electron chi connectivity index (χ4n) is 1.06. The molecule has 0 radical (unpaired) electrons. The number of phosphoric ester groups is 1. The topological polar surface area (TPSA) is 98.7 Å². The molecule has 8 heteroatoms. The molecule has 1 rings (SSSR count). The molecule has 0 aliphatic carbocycles. The number of ether oxygens (including phenoxy) is 1. The molecule has 0 heterocycles. The molecule has 0 fully saturated rings. The van der Waals surface area contributed by atoms with Crippen molar-refractivity contribution < 1.29 is 59.4 Å². The molecule has 0 atom stereocenters. The molecule has 0 spiro atoms. The molecule has 0 N–H and O–H groups in total. The van der Waals surface area contributed by atoms with Gasteiger partial charge in [0, 0.05) is 0 Å². The summed E-state index contributed by atoms with van der Waals surface area (Å²) in [6.45, 7) is 2.18. The smallest absolute Gasteiger partial charge is 0.780 e. The minimum absolute atomic E-state index is 0. The number of hydrogen-bond donors (Lipinski definition) is 0. The van der Waals surface area contributed by atoms with E-state index in [2.05, 4.69) is 4.52 Å². The van der Waals surface area contributed by atoms with E-state index in [1.54, 1.807) is 0 Å². The zero-order valence-corrected chi connectivity index (χ0v) is 13.0. The largest absolute Gasteiger partial charge is 1.00 e. The molecule has 0 aliphatic rings. The first kappa shape index (κ1) is 17.6. The predicted molar refractivity (Wildman–Crippen MR) is 56.4 cm³/mol. The van der Waals surface area contributed by atoms with Crippen LogP contribution in [-0.2, 0) is 9.30 Å². The van der Waals surface area contributed by atoms with Gasteiger partial charge in [-0.3, -0.25) is 0 Å². The molecule has 0 amide bonds. The second kappa shape index (κ2) is 7.94. The van der Waals surface area contributed by atoms with Crippen LogP contribution in [0, 0.1) is 0 Å². The molecule has 0 aromatic heterocycles. The van der Waals surface area contributed by atoms with Crippen molar-refractivity contribution in [3.05, 3.63) is 29.8 Å². The van der Waals surface area contributed by atoms with Crippen LogP contribution in [-0.4, -0.2) is 12.6 Å². The predicted octanol–water partition coefficient (Wildman–Crippen LogP) is -2.42. The number of esters is 1. The van der Waals surface area contributed by atoms with Crippen molar-refractivity contribution in [2.45, 2.75) is 13.3 Å². The Morgan fingerprint density at radius 1 is 1.33 bits per heavy atom. The Morgan fingerprint density at radius 2 is 1.89 bits per heavy atom. The summed E-state index contributed by atoms with van der Waals surface area (Å²) in [7, 11) is -5.06. The van der Waals surface area contributed by atoms with Crippen molar-refractivity contribution >= 4 is 13.8 Å². The van der Waals surface area contributed by atoms with Crippen molar-refractivity contribution in [3.8, 4) is 5.75 Å². The van der Waals surface area contributed by atoms with Crippen LogP contribution in [0.1, 0.15) is 25.1 Å². The van der Waals surface area contributed by atoms with E-state index in [0.29, 0.717) is 13.0 Å². The first-order valence-corrected chi connectivity index (χ1v) is 6.37. The standard InChI is InChI=1S/C10H13O6P.Na/c1-2-7-15-10(11)8-3-5-9(6-4-8)16-17(12,13)14;/h3-6H,2,7H2,1H3,(H2,12,13,14);/q;+1/p-1. The molecule has 6 nitrogen and oxygen atoms in total. The number of carbonyl (C=O) groups is 1. The average molecular weight is 282 g/mol. The van der Waals surface area contributed by atoms with Gasteiger partial charge in [0.05, 0.1) is 12.2 Å². The van der Waals surface area contributed by atoms with Gasteiger partial charge >= 0.3 is 37.0 Å². The van der Waals surface area contributed by atoms with Gasteiger partial charge in [-0.05, 0) is 30.7 Å². The van der Waals surface area contributed by atoms with E-state index < -0.39 is 13.8 Å². The Balaban J connectivity index is 0. The summed E-state index contributed by atoms with van der Waals surface area (Å²) in [6.07, 6.45) is 0.711. The van der Waals surface area contributed by atoms with Crippen LogP contribution in [0.15, 0.2) is 24.3 Å². The third-order valence-electron chi connectivity index (χ3n) is 1.74. The monoisotopic (exact) mass is 282 g/mol. The van der Waals surface area contributed by atoms with Crippen molar-refractivity contribution in [1.29, 1.82) is 0 Å². The van der Waals surface area contributed by atoms with Gasteiger partial charge < -0.3 is 23.6 Å². The van der Waals surface area contributed by atoms with Crippen LogP contribution in [0.5, 0.6) is 5.75 Å². The fourth-order valence-corrected chi connectivity index (χ4v) is 1.44. The van der Waals surface area contributed by atoms with Gasteiger partial charge in [-0.25, -0.2) is 4.79 Å². The molecular formula is C10H12NaO6P. The van der Waals surface area contributed by atoms with Crippen LogP contribution in [0.4, 0.5) is 0 Å². The van der Waals surface area contributed by atoms with E-state index in [1.165, 1.54) is 24.3 Å². The number of carbonyl (C=O) groups excluding carboxylic acids is 1. The number of hydrogen-bond acceptors (Lipinski definition) is 6. The minimum atomic E-state index is -5.06. The van der Waals surface area contributed by atoms with Crippen molar-refractivity contribution in [2.24, 2.45) is 0 Å². The third kappa shape index (κ3) is 6.54. The van der Waals surface area contributed by atoms with Crippen LogP contribution < -0.4 is 43.9 Å². The summed E-state index contributed by atoms with van der Waals surface area (Å²) in [5.74, 6) is -0.642. The van der Waals surface area contributed by atoms with Crippen LogP contribution in [0.25, 0.3) is 0 Å². The molecule has 94 valence electrons. The maximum atomic E-state index is 11.4. The van der Waals surface area contributed by atoms with Crippen LogP contribution in [0.2, 0.25) is 0 Å². The summed E-state index contributed by atoms with van der Waals surface area (Å²) >= 11 is 0. The van der Waals surface area contributed by atoms with Gasteiger partial charge in [0.1, 0.15) is 13.6 Å². The minimum Gasteiger partial charge on any atom is -0.780 e. The van der Waals surface area contributed by atoms with E-state index in [-0.39, 0.29) is 42.3 Å². The summed E-state index contributed by atoms with van der Waals surface area (Å²) in [5, 5.41) is 0. The van der Waals surface area contributed by atoms with Gasteiger partial charge in [0.15, 0.2) is 0 Å². The Kier molecular flexibility index (Phi) is 7.78. The molecule has 1 aromatic carbocycles. The van der Waals surface area contributed by atoms with Gasteiger partial charge in [-0.2, -0.15) is 0 Å². The number of rotatable bonds is 5. The quantitative estimate of drug-likeness (QED) is 0.338. The van der Waals surface area contributed by atoms with Gasteiger partial charge in [0.25, 0.3) is 0 Å². The van der Waals surface area contributed by atoms with Crippen LogP contribution in [0.3, 0.4) is 0 Å². The molecule has 0 unspecified atom stereocenters. The zero-order chi connectivity index (χ0) is 12.9. The number of benzene rings is 1. The molecule has 0 saturated heterocycles. The van der Waals surface area contributed by atoms with E-state index >= 15 is 0 Å². The maximum absolute atomic E-state index is 11.4. The zero-order valence-electron chi connectivity index (χ0n) is 11.1. The Labute approximate surface area is 128 Å². The normalized spacial score (nSPS) is 10.4. The van der Waals surface area contributed by atoms with Crippen LogP contribution >= 0.6 is 7.82 Å². The molecular weight excluding hydrogens is 270 g/mol. The van der Waals surface area contributed by atoms with Crippen molar-refractivity contribution in [3.63, 3.8) is 0 Å². The SMILES string of the molecule is CCCOC(=O)c1ccc(OP(=O)([O-])[O-])cc1.[H+].[Na+]. The fraction of sp³-hybridized carbons (Fsp3) is 0.300. The molecule has 0 saturated carbocycles. The first-order chi connectivity index (χ1) is 7.92. The average Bonchev–Trinajstić information content (AvgIpc) is 2.24. The summed E-state index contributed by atoms with van der Waals surface area (Å²) < 4.78 is 19.3. The Hall–Kier alpha value is -0.360. The van der Waals surface area contributed by atoms with Gasteiger partial charge in [-0.1, -0.05) is 6.92 Å². The summed E-state index contributed by atoms with van der Waals surface area (Å²) in [6, 6.07) is 5.07. The van der Waals surface area contributed by atoms with E-state index in [0.717, 1.165) is 0 Å². The third-order valence-corrected chi connectivity index (χ3v) is 2.18. The van der Waals surface area contributed by atoms with Gasteiger partial charge in [-0.15, -0.1) is 0 Å². The second-order valence-electron chi connectivity index (χ2n) is 3.20. The van der Waals surface area contributed by atoms with Crippen molar-refractivity contribution in [1.82, 2.24) is 0 Å². The van der Waals surface area contributed by atoms with Crippen molar-refractivity contribution in [2.75, 3.05) is 6.61 Å².